The predicted molar refractivity (Wildman–Crippen MR) is 81.3 cm³/mol. The van der Waals surface area contributed by atoms with E-state index >= 15 is 0 Å². The molecule has 2 aromatic carbocycles. The van der Waals surface area contributed by atoms with Gasteiger partial charge in [-0.15, -0.1) is 0 Å². The number of para-hydroxylation sites is 1. The fourth-order valence-electron chi connectivity index (χ4n) is 1.75. The minimum Gasteiger partial charge on any atom is -0.449 e. The molecule has 0 atom stereocenters. The maximum absolute atomic E-state index is 11.7. The Morgan fingerprint density at radius 1 is 0.833 bits per heavy atom. The Morgan fingerprint density at radius 3 is 2.04 bits per heavy atom. The molecule has 0 spiro atoms. The molecular weight excluding hydrogens is 340 g/mol. The quantitative estimate of drug-likeness (QED) is 0.647. The normalized spacial score (nSPS) is 10.7. The third kappa shape index (κ3) is 3.76. The van der Waals surface area contributed by atoms with Crippen LogP contribution in [0.4, 0.5) is 14.4 Å². The van der Waals surface area contributed by atoms with Crippen LogP contribution in [0.2, 0.25) is 0 Å². The van der Waals surface area contributed by atoms with Crippen molar-refractivity contribution < 1.29 is 37.4 Å². The number of hydrogen-bond donors (Lipinski definition) is 1. The molecule has 0 bridgehead atoms. The predicted octanol–water partition coefficient (Wildman–Crippen LogP) is 3.08. The van der Waals surface area contributed by atoms with Crippen molar-refractivity contribution in [3.63, 3.8) is 0 Å². The highest BCUT2D eigenvalue weighted by Crippen LogP contribution is 2.30. The van der Waals surface area contributed by atoms with Gasteiger partial charge in [0.25, 0.3) is 0 Å². The van der Waals surface area contributed by atoms with Gasteiger partial charge in [-0.2, -0.15) is 0 Å². The van der Waals surface area contributed by atoms with E-state index in [2.05, 4.69) is 4.74 Å². The van der Waals surface area contributed by atoms with Gasteiger partial charge in [0.15, 0.2) is 0 Å². The maximum atomic E-state index is 11.7. The summed E-state index contributed by atoms with van der Waals surface area (Å²) in [6.07, 6.45) is -2.15. The van der Waals surface area contributed by atoms with Crippen molar-refractivity contribution in [2.24, 2.45) is 0 Å². The summed E-state index contributed by atoms with van der Waals surface area (Å²) in [7, 11) is -5.23. The molecule has 0 aliphatic carbocycles. The van der Waals surface area contributed by atoms with Crippen LogP contribution in [0.25, 0.3) is 11.1 Å². The van der Waals surface area contributed by atoms with Gasteiger partial charge in [0.05, 0.1) is 0 Å². The average Bonchev–Trinajstić information content (AvgIpc) is 2.55. The van der Waals surface area contributed by atoms with E-state index in [4.69, 9.17) is 9.84 Å². The standard InChI is InChI=1S/C15H10O8S/c16-13(17)23-15(19)24(20,21)14(18)22-12-9-5-4-8-11(12)10-6-2-1-3-7-10/h1-9H,(H,16,17). The van der Waals surface area contributed by atoms with Crippen molar-refractivity contribution in [2.45, 2.75) is 0 Å². The van der Waals surface area contributed by atoms with Gasteiger partial charge in [0.2, 0.25) is 0 Å². The number of ether oxygens (including phenoxy) is 2. The van der Waals surface area contributed by atoms with Gasteiger partial charge in [-0.1, -0.05) is 48.5 Å². The van der Waals surface area contributed by atoms with Crippen LogP contribution in [0.5, 0.6) is 5.75 Å². The van der Waals surface area contributed by atoms with E-state index in [1.165, 1.54) is 12.1 Å². The van der Waals surface area contributed by atoms with Crippen LogP contribution in [0.1, 0.15) is 0 Å². The molecule has 0 fully saturated rings. The Labute approximate surface area is 136 Å². The first-order chi connectivity index (χ1) is 11.3. The van der Waals surface area contributed by atoms with Crippen molar-refractivity contribution in [3.8, 4) is 16.9 Å². The van der Waals surface area contributed by atoms with Crippen LogP contribution in [-0.4, -0.2) is 30.3 Å². The van der Waals surface area contributed by atoms with Gasteiger partial charge in [-0.3, -0.25) is 0 Å². The number of rotatable bonds is 2. The van der Waals surface area contributed by atoms with Gasteiger partial charge in [0, 0.05) is 5.56 Å². The molecule has 0 aliphatic rings. The molecule has 2 aromatic rings. The summed E-state index contributed by atoms with van der Waals surface area (Å²) in [5, 5.41) is 4.09. The Hall–Kier alpha value is -3.20. The van der Waals surface area contributed by atoms with Gasteiger partial charge in [-0.25, -0.2) is 22.8 Å². The van der Waals surface area contributed by atoms with Crippen molar-refractivity contribution in [2.75, 3.05) is 0 Å². The van der Waals surface area contributed by atoms with Crippen LogP contribution >= 0.6 is 0 Å². The van der Waals surface area contributed by atoms with Crippen molar-refractivity contribution in [1.29, 1.82) is 0 Å². The zero-order valence-corrected chi connectivity index (χ0v) is 12.7. The molecule has 24 heavy (non-hydrogen) atoms. The number of carboxylic acid groups (broad SMARTS) is 1. The minimum absolute atomic E-state index is 0.111. The second-order valence-electron chi connectivity index (χ2n) is 4.34. The lowest BCUT2D eigenvalue weighted by Gasteiger charge is -2.09. The molecule has 0 heterocycles. The van der Waals surface area contributed by atoms with Crippen LogP contribution < -0.4 is 4.74 Å². The van der Waals surface area contributed by atoms with E-state index < -0.39 is 26.6 Å². The monoisotopic (exact) mass is 350 g/mol. The molecule has 9 heteroatoms. The summed E-state index contributed by atoms with van der Waals surface area (Å²) in [4.78, 5) is 33.1. The summed E-state index contributed by atoms with van der Waals surface area (Å²) in [6.45, 7) is 0. The molecule has 1 N–H and O–H groups in total. The SMILES string of the molecule is O=C(O)OC(=O)S(=O)(=O)C(=O)Oc1ccccc1-c1ccccc1. The van der Waals surface area contributed by atoms with Gasteiger partial charge in [-0.05, 0) is 11.6 Å². The van der Waals surface area contributed by atoms with Crippen molar-refractivity contribution in [3.05, 3.63) is 54.6 Å². The van der Waals surface area contributed by atoms with Gasteiger partial charge < -0.3 is 14.6 Å². The smallest absolute Gasteiger partial charge is 0.449 e. The Bertz CT molecular complexity index is 887. The van der Waals surface area contributed by atoms with Crippen molar-refractivity contribution >= 4 is 26.6 Å². The fourth-order valence-corrected chi connectivity index (χ4v) is 2.27. The molecule has 124 valence electrons. The van der Waals surface area contributed by atoms with Gasteiger partial charge in [0.1, 0.15) is 5.75 Å². The first-order valence-corrected chi connectivity index (χ1v) is 7.87. The average molecular weight is 350 g/mol. The second-order valence-corrected chi connectivity index (χ2v) is 6.01. The van der Waals surface area contributed by atoms with E-state index in [9.17, 15) is 22.8 Å². The third-order valence-electron chi connectivity index (χ3n) is 2.77. The highest BCUT2D eigenvalue weighted by atomic mass is 32.2. The maximum Gasteiger partial charge on any atom is 0.514 e. The first kappa shape index (κ1) is 17.2. The fraction of sp³-hybridized carbons (Fsp3) is 0. The first-order valence-electron chi connectivity index (χ1n) is 6.38. The highest BCUT2D eigenvalue weighted by molar-refractivity contribution is 8.18. The highest BCUT2D eigenvalue weighted by Gasteiger charge is 2.37. The lowest BCUT2D eigenvalue weighted by atomic mass is 10.1. The second kappa shape index (κ2) is 6.92. The molecule has 0 unspecified atom stereocenters. The molecule has 0 saturated carbocycles. The molecule has 2 rings (SSSR count). The van der Waals surface area contributed by atoms with Crippen LogP contribution in [0, 0.1) is 0 Å². The van der Waals surface area contributed by atoms with E-state index in [1.807, 2.05) is 0 Å². The van der Waals surface area contributed by atoms with Crippen molar-refractivity contribution in [1.82, 2.24) is 0 Å². The summed E-state index contributed by atoms with van der Waals surface area (Å²) >= 11 is 0. The van der Waals surface area contributed by atoms with E-state index in [1.54, 1.807) is 42.5 Å². The Morgan fingerprint density at radius 2 is 1.42 bits per heavy atom. The molecule has 0 amide bonds. The Kier molecular flexibility index (Phi) is 4.95. The molecular formula is C15H10O8S. The van der Waals surface area contributed by atoms with Gasteiger partial charge >= 0.3 is 26.6 Å². The van der Waals surface area contributed by atoms with E-state index in [0.717, 1.165) is 0 Å². The molecule has 0 saturated heterocycles. The lowest BCUT2D eigenvalue weighted by Crippen LogP contribution is -2.29. The summed E-state index contributed by atoms with van der Waals surface area (Å²) in [6, 6.07) is 14.7. The van der Waals surface area contributed by atoms with Crippen LogP contribution in [0.15, 0.2) is 54.6 Å². The number of carbonyl (C=O) groups is 3. The topological polar surface area (TPSA) is 124 Å². The molecule has 0 aromatic heterocycles. The minimum atomic E-state index is -5.23. The third-order valence-corrected chi connectivity index (χ3v) is 3.82. The molecule has 0 aliphatic heterocycles. The summed E-state index contributed by atoms with van der Waals surface area (Å²) in [5.74, 6) is -0.111. The molecule has 0 radical (unpaired) electrons. The number of benzene rings is 2. The lowest BCUT2D eigenvalue weighted by molar-refractivity contribution is 0.120. The Balaban J connectivity index is 2.31. The summed E-state index contributed by atoms with van der Waals surface area (Å²) in [5.41, 5.74) is 1.06. The number of hydrogen-bond acceptors (Lipinski definition) is 7. The van der Waals surface area contributed by atoms with E-state index in [-0.39, 0.29) is 5.75 Å². The zero-order chi connectivity index (χ0) is 17.7. The van der Waals surface area contributed by atoms with Crippen LogP contribution in [0.3, 0.4) is 0 Å². The number of sulfone groups is 1. The molecule has 8 nitrogen and oxygen atoms in total. The van der Waals surface area contributed by atoms with Crippen LogP contribution in [-0.2, 0) is 14.6 Å². The van der Waals surface area contributed by atoms with E-state index in [0.29, 0.717) is 11.1 Å². The largest absolute Gasteiger partial charge is 0.514 e. The zero-order valence-electron chi connectivity index (χ0n) is 11.9. The number of carbonyl (C=O) groups excluding carboxylic acids is 2. The summed E-state index contributed by atoms with van der Waals surface area (Å²) < 4.78 is 31.4.